The summed E-state index contributed by atoms with van der Waals surface area (Å²) in [7, 11) is 0. The van der Waals surface area contributed by atoms with Crippen molar-refractivity contribution in [1.82, 2.24) is 4.90 Å². The van der Waals surface area contributed by atoms with Gasteiger partial charge in [-0.25, -0.2) is 8.78 Å². The number of hydrogen-bond acceptors (Lipinski definition) is 2. The summed E-state index contributed by atoms with van der Waals surface area (Å²) in [6.45, 7) is 2.06. The van der Waals surface area contributed by atoms with E-state index in [1.165, 1.54) is 0 Å². The first-order valence-corrected chi connectivity index (χ1v) is 5.07. The van der Waals surface area contributed by atoms with Gasteiger partial charge < -0.3 is 4.79 Å². The molecule has 2 nitrogen and oxygen atoms in total. The third-order valence-electron chi connectivity index (χ3n) is 2.56. The van der Waals surface area contributed by atoms with Crippen LogP contribution in [-0.4, -0.2) is 36.7 Å². The molecule has 1 unspecified atom stereocenters. The second kappa shape index (κ2) is 4.82. The largest absolute Gasteiger partial charge is 0.303 e. The summed E-state index contributed by atoms with van der Waals surface area (Å²) < 4.78 is 25.4. The van der Waals surface area contributed by atoms with Crippen LogP contribution in [0.15, 0.2) is 0 Å². The molecule has 82 valence electrons. The molecule has 4 heteroatoms. The molecule has 0 aromatic carbocycles. The molecule has 0 spiro atoms. The van der Waals surface area contributed by atoms with Crippen LogP contribution in [0.1, 0.15) is 26.2 Å². The summed E-state index contributed by atoms with van der Waals surface area (Å²) in [5, 5.41) is 0. The van der Waals surface area contributed by atoms with Gasteiger partial charge in [-0.15, -0.1) is 0 Å². The monoisotopic (exact) mass is 205 g/mol. The van der Waals surface area contributed by atoms with Crippen molar-refractivity contribution < 1.29 is 13.6 Å². The highest BCUT2D eigenvalue weighted by atomic mass is 19.3. The second-order valence-electron chi connectivity index (χ2n) is 4.17. The van der Waals surface area contributed by atoms with Gasteiger partial charge in [0.2, 0.25) is 0 Å². The van der Waals surface area contributed by atoms with E-state index in [1.54, 1.807) is 4.90 Å². The average Bonchev–Trinajstić information content (AvgIpc) is 2.27. The van der Waals surface area contributed by atoms with Crippen LogP contribution in [0.4, 0.5) is 8.78 Å². The minimum absolute atomic E-state index is 0.0745. The van der Waals surface area contributed by atoms with Crippen LogP contribution in [0.3, 0.4) is 0 Å². The highest BCUT2D eigenvalue weighted by Gasteiger charge is 2.26. The lowest BCUT2D eigenvalue weighted by atomic mass is 10.0. The zero-order chi connectivity index (χ0) is 10.6. The molecular weight excluding hydrogens is 188 g/mol. The van der Waals surface area contributed by atoms with Gasteiger partial charge in [-0.05, 0) is 32.4 Å². The molecule has 0 aromatic rings. The molecule has 0 saturated carbocycles. The van der Waals surface area contributed by atoms with Crippen molar-refractivity contribution in [2.24, 2.45) is 5.92 Å². The Bertz CT molecular complexity index is 191. The maximum atomic E-state index is 12.7. The van der Waals surface area contributed by atoms with E-state index in [9.17, 15) is 13.6 Å². The standard InChI is InChI=1S/C10H17F2NO/c1-10(11,12)8-13-5-2-3-9(7-14)4-6-13/h7,9H,2-6,8H2,1H3. The molecule has 1 aliphatic rings. The average molecular weight is 205 g/mol. The van der Waals surface area contributed by atoms with Gasteiger partial charge in [-0.3, -0.25) is 4.90 Å². The minimum Gasteiger partial charge on any atom is -0.303 e. The lowest BCUT2D eigenvalue weighted by Gasteiger charge is -2.23. The Morgan fingerprint density at radius 1 is 1.43 bits per heavy atom. The Morgan fingerprint density at radius 2 is 2.14 bits per heavy atom. The normalized spacial score (nSPS) is 25.8. The van der Waals surface area contributed by atoms with E-state index in [0.717, 1.165) is 32.5 Å². The predicted octanol–water partition coefficient (Wildman–Crippen LogP) is 1.94. The topological polar surface area (TPSA) is 20.3 Å². The van der Waals surface area contributed by atoms with Crippen LogP contribution in [0, 0.1) is 5.92 Å². The molecule has 1 saturated heterocycles. The van der Waals surface area contributed by atoms with Crippen molar-refractivity contribution in [3.05, 3.63) is 0 Å². The summed E-state index contributed by atoms with van der Waals surface area (Å²) in [6.07, 6.45) is 3.36. The maximum Gasteiger partial charge on any atom is 0.257 e. The molecular formula is C10H17F2NO. The number of carbonyl (C=O) groups is 1. The van der Waals surface area contributed by atoms with Crippen LogP contribution in [-0.2, 0) is 4.79 Å². The number of hydrogen-bond donors (Lipinski definition) is 0. The van der Waals surface area contributed by atoms with Gasteiger partial charge >= 0.3 is 0 Å². The zero-order valence-electron chi connectivity index (χ0n) is 8.51. The summed E-state index contributed by atoms with van der Waals surface area (Å²) in [6, 6.07) is 0. The van der Waals surface area contributed by atoms with Gasteiger partial charge in [0, 0.05) is 12.8 Å². The SMILES string of the molecule is CC(F)(F)CN1CCCC(C=O)CC1. The number of rotatable bonds is 3. The van der Waals surface area contributed by atoms with Gasteiger partial charge in [-0.2, -0.15) is 0 Å². The molecule has 1 fully saturated rings. The lowest BCUT2D eigenvalue weighted by molar-refractivity contribution is -0.111. The van der Waals surface area contributed by atoms with Gasteiger partial charge in [0.25, 0.3) is 5.92 Å². The highest BCUT2D eigenvalue weighted by molar-refractivity contribution is 5.53. The van der Waals surface area contributed by atoms with E-state index in [2.05, 4.69) is 0 Å². The number of alkyl halides is 2. The smallest absolute Gasteiger partial charge is 0.257 e. The van der Waals surface area contributed by atoms with Gasteiger partial charge in [0.15, 0.2) is 0 Å². The zero-order valence-corrected chi connectivity index (χ0v) is 8.51. The minimum atomic E-state index is -2.62. The number of nitrogens with zero attached hydrogens (tertiary/aromatic N) is 1. The molecule has 1 atom stereocenters. The lowest BCUT2D eigenvalue weighted by Crippen LogP contribution is -2.35. The quantitative estimate of drug-likeness (QED) is 0.656. The van der Waals surface area contributed by atoms with Crippen molar-refractivity contribution in [3.8, 4) is 0 Å². The van der Waals surface area contributed by atoms with Gasteiger partial charge in [0.05, 0.1) is 6.54 Å². The Labute approximate surface area is 83.3 Å². The Morgan fingerprint density at radius 3 is 2.71 bits per heavy atom. The van der Waals surface area contributed by atoms with E-state index >= 15 is 0 Å². The molecule has 0 N–H and O–H groups in total. The fraction of sp³-hybridized carbons (Fsp3) is 0.900. The first-order valence-electron chi connectivity index (χ1n) is 5.07. The van der Waals surface area contributed by atoms with E-state index in [-0.39, 0.29) is 12.5 Å². The number of carbonyl (C=O) groups excluding carboxylic acids is 1. The molecule has 0 aliphatic carbocycles. The van der Waals surface area contributed by atoms with Gasteiger partial charge in [-0.1, -0.05) is 0 Å². The second-order valence-corrected chi connectivity index (χ2v) is 4.17. The fourth-order valence-corrected chi connectivity index (χ4v) is 1.87. The first kappa shape index (κ1) is 11.6. The van der Waals surface area contributed by atoms with E-state index in [1.807, 2.05) is 0 Å². The summed E-state index contributed by atoms with van der Waals surface area (Å²) >= 11 is 0. The van der Waals surface area contributed by atoms with Crippen LogP contribution >= 0.6 is 0 Å². The van der Waals surface area contributed by atoms with Crippen molar-refractivity contribution >= 4 is 6.29 Å². The Balaban J connectivity index is 2.38. The number of aldehydes is 1. The number of halogens is 2. The van der Waals surface area contributed by atoms with E-state index in [4.69, 9.17) is 0 Å². The van der Waals surface area contributed by atoms with Crippen LogP contribution < -0.4 is 0 Å². The third kappa shape index (κ3) is 4.13. The molecule has 14 heavy (non-hydrogen) atoms. The molecule has 1 heterocycles. The summed E-state index contributed by atoms with van der Waals surface area (Å²) in [5.41, 5.74) is 0. The Kier molecular flexibility index (Phi) is 3.98. The van der Waals surface area contributed by atoms with E-state index in [0.29, 0.717) is 13.1 Å². The Hall–Kier alpha value is -0.510. The molecule has 1 rings (SSSR count). The van der Waals surface area contributed by atoms with Crippen LogP contribution in [0.25, 0.3) is 0 Å². The summed E-state index contributed by atoms with van der Waals surface area (Å²) in [4.78, 5) is 12.3. The summed E-state index contributed by atoms with van der Waals surface area (Å²) in [5.74, 6) is -2.55. The van der Waals surface area contributed by atoms with Crippen molar-refractivity contribution in [1.29, 1.82) is 0 Å². The highest BCUT2D eigenvalue weighted by Crippen LogP contribution is 2.19. The van der Waals surface area contributed by atoms with Crippen LogP contribution in [0.2, 0.25) is 0 Å². The van der Waals surface area contributed by atoms with Crippen LogP contribution in [0.5, 0.6) is 0 Å². The van der Waals surface area contributed by atoms with Gasteiger partial charge in [0.1, 0.15) is 6.29 Å². The molecule has 0 radical (unpaired) electrons. The molecule has 1 aliphatic heterocycles. The maximum absolute atomic E-state index is 12.7. The predicted molar refractivity (Wildman–Crippen MR) is 50.5 cm³/mol. The van der Waals surface area contributed by atoms with Crippen molar-refractivity contribution in [3.63, 3.8) is 0 Å². The fourth-order valence-electron chi connectivity index (χ4n) is 1.87. The molecule has 0 amide bonds. The molecule has 0 aromatic heterocycles. The number of likely N-dealkylation sites (tertiary alicyclic amines) is 1. The van der Waals surface area contributed by atoms with Crippen molar-refractivity contribution in [2.45, 2.75) is 32.1 Å². The first-order chi connectivity index (χ1) is 6.51. The molecule has 0 bridgehead atoms. The van der Waals surface area contributed by atoms with Crippen molar-refractivity contribution in [2.75, 3.05) is 19.6 Å². The third-order valence-corrected chi connectivity index (χ3v) is 2.56. The van der Waals surface area contributed by atoms with E-state index < -0.39 is 5.92 Å².